The Bertz CT molecular complexity index is 643. The molecule has 0 radical (unpaired) electrons. The molecule has 0 aliphatic heterocycles. The number of hydrogen-bond donors (Lipinski definition) is 0. The molecule has 0 amide bonds. The van der Waals surface area contributed by atoms with E-state index >= 15 is 0 Å². The van der Waals surface area contributed by atoms with Gasteiger partial charge in [0, 0.05) is 11.1 Å². The first-order valence-electron chi connectivity index (χ1n) is 8.15. The Morgan fingerprint density at radius 2 is 1.04 bits per heavy atom. The third kappa shape index (κ3) is 3.93. The van der Waals surface area contributed by atoms with Crippen LogP contribution < -0.4 is 10.6 Å². The van der Waals surface area contributed by atoms with Crippen LogP contribution in [0.15, 0.2) is 36.4 Å². The van der Waals surface area contributed by atoms with E-state index in [0.717, 1.165) is 10.6 Å². The third-order valence-corrected chi connectivity index (χ3v) is 8.43. The maximum atomic E-state index is 7.07. The molecule has 2 aromatic rings. The second-order valence-corrected chi connectivity index (χ2v) is 12.5. The lowest BCUT2D eigenvalue weighted by Crippen LogP contribution is -2.22. The molecule has 0 N–H and O–H groups in total. The highest BCUT2D eigenvalue weighted by Gasteiger charge is 2.45. The van der Waals surface area contributed by atoms with Gasteiger partial charge in [0.25, 0.3) is 5.97 Å². The van der Waals surface area contributed by atoms with E-state index in [2.05, 4.69) is 77.9 Å². The van der Waals surface area contributed by atoms with Gasteiger partial charge in [-0.2, -0.15) is 0 Å². The van der Waals surface area contributed by atoms with E-state index in [0.29, 0.717) is 11.8 Å². The lowest BCUT2D eigenvalue weighted by molar-refractivity contribution is 0.870. The first-order valence-corrected chi connectivity index (χ1v) is 11.7. The fraction of sp³-hybridized carbons (Fsp3) is 0.400. The van der Waals surface area contributed by atoms with Gasteiger partial charge in [-0.15, -0.1) is 0 Å². The fourth-order valence-electron chi connectivity index (χ4n) is 2.91. The summed E-state index contributed by atoms with van der Waals surface area (Å²) in [6, 6.07) is 12.9. The highest BCUT2D eigenvalue weighted by atomic mass is 35.9. The molecule has 2 aromatic carbocycles. The molecule has 0 saturated heterocycles. The van der Waals surface area contributed by atoms with Crippen LogP contribution >= 0.6 is 28.4 Å². The molecular formula is C20H26Cl2P+. The summed E-state index contributed by atoms with van der Waals surface area (Å²) in [7, 11) is 0. The van der Waals surface area contributed by atoms with Gasteiger partial charge in [-0.05, 0) is 37.8 Å². The summed E-state index contributed by atoms with van der Waals surface area (Å²) in [6.07, 6.45) is 0. The molecule has 23 heavy (non-hydrogen) atoms. The van der Waals surface area contributed by atoms with Crippen molar-refractivity contribution in [1.29, 1.82) is 0 Å². The topological polar surface area (TPSA) is 0 Å². The molecule has 0 heterocycles. The Morgan fingerprint density at radius 3 is 1.35 bits per heavy atom. The van der Waals surface area contributed by atoms with Crippen molar-refractivity contribution in [2.24, 2.45) is 0 Å². The summed E-state index contributed by atoms with van der Waals surface area (Å²) >= 11 is 14.1. The van der Waals surface area contributed by atoms with Crippen molar-refractivity contribution >= 4 is 39.1 Å². The first kappa shape index (κ1) is 18.8. The highest BCUT2D eigenvalue weighted by Crippen LogP contribution is 2.68. The molecule has 0 aliphatic rings. The average molecular weight is 368 g/mol. The molecule has 0 aliphatic carbocycles. The Hall–Kier alpha value is -0.550. The zero-order valence-electron chi connectivity index (χ0n) is 14.8. The normalized spacial score (nSPS) is 12.3. The van der Waals surface area contributed by atoms with Crippen LogP contribution in [0.25, 0.3) is 0 Å². The predicted octanol–water partition coefficient (Wildman–Crippen LogP) is 6.83. The van der Waals surface area contributed by atoms with E-state index in [1.165, 1.54) is 22.3 Å². The van der Waals surface area contributed by atoms with Gasteiger partial charge in [-0.25, -0.2) is 0 Å². The zero-order valence-corrected chi connectivity index (χ0v) is 17.2. The highest BCUT2D eigenvalue weighted by molar-refractivity contribution is 8.26. The van der Waals surface area contributed by atoms with Gasteiger partial charge in [0.15, 0.2) is 0 Å². The van der Waals surface area contributed by atoms with Crippen LogP contribution in [0.4, 0.5) is 0 Å². The third-order valence-electron chi connectivity index (χ3n) is 4.22. The molecule has 0 nitrogen and oxygen atoms in total. The number of rotatable bonds is 4. The van der Waals surface area contributed by atoms with E-state index in [9.17, 15) is 0 Å². The van der Waals surface area contributed by atoms with Crippen molar-refractivity contribution in [3.05, 3.63) is 58.7 Å². The maximum Gasteiger partial charge on any atom is 0.276 e. The van der Waals surface area contributed by atoms with Crippen LogP contribution in [0.2, 0.25) is 0 Å². The van der Waals surface area contributed by atoms with E-state index in [1.54, 1.807) is 0 Å². The summed E-state index contributed by atoms with van der Waals surface area (Å²) in [4.78, 5) is 0. The van der Waals surface area contributed by atoms with E-state index in [4.69, 9.17) is 22.5 Å². The number of aryl methyl sites for hydroxylation is 2. The Kier molecular flexibility index (Phi) is 5.83. The summed E-state index contributed by atoms with van der Waals surface area (Å²) in [5, 5.41) is 2.21. The molecule has 124 valence electrons. The van der Waals surface area contributed by atoms with Crippen LogP contribution in [0.1, 0.15) is 61.8 Å². The van der Waals surface area contributed by atoms with E-state index in [-0.39, 0.29) is 0 Å². The van der Waals surface area contributed by atoms with Gasteiger partial charge >= 0.3 is 0 Å². The smallest absolute Gasteiger partial charge is 0.0585 e. The van der Waals surface area contributed by atoms with Crippen molar-refractivity contribution < 1.29 is 0 Å². The molecule has 0 atom stereocenters. The van der Waals surface area contributed by atoms with Gasteiger partial charge in [0.2, 0.25) is 0 Å². The maximum absolute atomic E-state index is 7.07. The van der Waals surface area contributed by atoms with Crippen molar-refractivity contribution in [3.63, 3.8) is 0 Å². The van der Waals surface area contributed by atoms with Gasteiger partial charge in [-0.1, -0.05) is 63.1 Å². The number of hydrogen-bond acceptors (Lipinski definition) is 0. The fourth-order valence-corrected chi connectivity index (χ4v) is 6.84. The van der Waals surface area contributed by atoms with Crippen LogP contribution in [0.3, 0.4) is 0 Å². The minimum atomic E-state index is -2.43. The molecular weight excluding hydrogens is 342 g/mol. The standard InChI is InChI=1S/C20H26Cl2P/c1-13(2)17-11-15(5)7-9-19(17)23(21,22)20-10-8-16(6)12-18(20)14(3)4/h7-14H,1-6H3/q+1. The Balaban J connectivity index is 2.68. The van der Waals surface area contributed by atoms with Crippen LogP contribution in [0.5, 0.6) is 0 Å². The summed E-state index contributed by atoms with van der Waals surface area (Å²) in [5.41, 5.74) is 5.02. The molecule has 0 saturated carbocycles. The monoisotopic (exact) mass is 367 g/mol. The molecule has 2 rings (SSSR count). The van der Waals surface area contributed by atoms with Gasteiger partial charge < -0.3 is 0 Å². The minimum Gasteiger partial charge on any atom is -0.0585 e. The molecule has 0 fully saturated rings. The molecule has 0 spiro atoms. The summed E-state index contributed by atoms with van der Waals surface area (Å²) < 4.78 is 0. The summed E-state index contributed by atoms with van der Waals surface area (Å²) in [6.45, 7) is 13.0. The zero-order chi connectivity index (χ0) is 17.4. The van der Waals surface area contributed by atoms with Crippen LogP contribution in [-0.2, 0) is 0 Å². The largest absolute Gasteiger partial charge is 0.276 e. The van der Waals surface area contributed by atoms with Crippen LogP contribution in [0, 0.1) is 13.8 Å². The Morgan fingerprint density at radius 1 is 0.696 bits per heavy atom. The van der Waals surface area contributed by atoms with Crippen molar-refractivity contribution in [1.82, 2.24) is 0 Å². The second kappa shape index (κ2) is 7.14. The van der Waals surface area contributed by atoms with Gasteiger partial charge in [0.05, 0.1) is 0 Å². The van der Waals surface area contributed by atoms with E-state index < -0.39 is 5.97 Å². The SMILES string of the molecule is Cc1ccc([P+](Cl)(Cl)c2ccc(C)cc2C(C)C)c(C(C)C)c1. The lowest BCUT2D eigenvalue weighted by Gasteiger charge is -2.20. The second-order valence-electron chi connectivity index (χ2n) is 6.95. The average Bonchev–Trinajstić information content (AvgIpc) is 2.46. The number of halogens is 2. The molecule has 3 heteroatoms. The molecule has 0 unspecified atom stereocenters. The summed E-state index contributed by atoms with van der Waals surface area (Å²) in [5.74, 6) is -1.63. The molecule has 0 bridgehead atoms. The van der Waals surface area contributed by atoms with Gasteiger partial charge in [-0.3, -0.25) is 0 Å². The first-order chi connectivity index (χ1) is 10.6. The van der Waals surface area contributed by atoms with Crippen molar-refractivity contribution in [2.75, 3.05) is 0 Å². The predicted molar refractivity (Wildman–Crippen MR) is 108 cm³/mol. The number of benzene rings is 2. The molecule has 0 aromatic heterocycles. The van der Waals surface area contributed by atoms with Crippen molar-refractivity contribution in [3.8, 4) is 0 Å². The van der Waals surface area contributed by atoms with Crippen LogP contribution in [-0.4, -0.2) is 0 Å². The lowest BCUT2D eigenvalue weighted by atomic mass is 10.0. The van der Waals surface area contributed by atoms with Crippen molar-refractivity contribution in [2.45, 2.75) is 53.4 Å². The minimum absolute atomic E-state index is 0.398. The quantitative estimate of drug-likeness (QED) is 0.519. The Labute approximate surface area is 151 Å². The van der Waals surface area contributed by atoms with Gasteiger partial charge in [0.1, 0.15) is 33.1 Å². The van der Waals surface area contributed by atoms with E-state index in [1.807, 2.05) is 0 Å².